The third kappa shape index (κ3) is 4.37. The van der Waals surface area contributed by atoms with E-state index in [0.29, 0.717) is 5.41 Å². The number of aromatic hydroxyl groups is 2. The number of rotatable bonds is 6. The van der Waals surface area contributed by atoms with Crippen LogP contribution >= 0.6 is 0 Å². The summed E-state index contributed by atoms with van der Waals surface area (Å²) in [5, 5.41) is 22.8. The van der Waals surface area contributed by atoms with Crippen molar-refractivity contribution < 1.29 is 10.2 Å². The Bertz CT molecular complexity index is 444. The molecule has 0 aliphatic heterocycles. The number of hydrogen-bond donors (Lipinski definition) is 3. The largest absolute Gasteiger partial charge is 0.508 e. The molecule has 1 fully saturated rings. The zero-order valence-corrected chi connectivity index (χ0v) is 13.5. The van der Waals surface area contributed by atoms with Gasteiger partial charge in [-0.3, -0.25) is 0 Å². The first-order valence-corrected chi connectivity index (χ1v) is 8.16. The first-order valence-electron chi connectivity index (χ1n) is 8.16. The van der Waals surface area contributed by atoms with Gasteiger partial charge in [0.25, 0.3) is 0 Å². The second-order valence-corrected chi connectivity index (χ2v) is 7.19. The van der Waals surface area contributed by atoms with Crippen LogP contribution in [0.4, 0.5) is 0 Å². The molecular formula is C18H29NO2. The summed E-state index contributed by atoms with van der Waals surface area (Å²) in [6.45, 7) is 7.71. The summed E-state index contributed by atoms with van der Waals surface area (Å²) in [5.41, 5.74) is 1.37. The van der Waals surface area contributed by atoms with Gasteiger partial charge in [-0.15, -0.1) is 0 Å². The molecule has 1 aromatic rings. The third-order valence-corrected chi connectivity index (χ3v) is 4.71. The highest BCUT2D eigenvalue weighted by molar-refractivity contribution is 5.37. The van der Waals surface area contributed by atoms with Gasteiger partial charge in [-0.05, 0) is 55.2 Å². The lowest BCUT2D eigenvalue weighted by Gasteiger charge is -2.33. The van der Waals surface area contributed by atoms with Crippen LogP contribution in [-0.2, 0) is 0 Å². The van der Waals surface area contributed by atoms with Crippen LogP contribution in [0.3, 0.4) is 0 Å². The minimum Gasteiger partial charge on any atom is -0.508 e. The summed E-state index contributed by atoms with van der Waals surface area (Å²) < 4.78 is 0. The maximum absolute atomic E-state index is 9.60. The van der Waals surface area contributed by atoms with Gasteiger partial charge in [-0.1, -0.05) is 26.7 Å². The summed E-state index contributed by atoms with van der Waals surface area (Å²) in [6, 6.07) is 4.95. The third-order valence-electron chi connectivity index (χ3n) is 4.71. The van der Waals surface area contributed by atoms with E-state index in [1.807, 2.05) is 0 Å². The van der Waals surface area contributed by atoms with Crippen molar-refractivity contribution in [3.8, 4) is 11.5 Å². The normalized spacial score (nSPS) is 19.0. The molecule has 0 bridgehead atoms. The topological polar surface area (TPSA) is 52.5 Å². The summed E-state index contributed by atoms with van der Waals surface area (Å²) in [6.07, 6.45) is 6.59. The Morgan fingerprint density at radius 3 is 2.14 bits per heavy atom. The molecule has 0 radical (unpaired) electrons. The zero-order valence-electron chi connectivity index (χ0n) is 13.5. The van der Waals surface area contributed by atoms with Crippen molar-refractivity contribution in [2.75, 3.05) is 6.54 Å². The zero-order chi connectivity index (χ0) is 15.5. The van der Waals surface area contributed by atoms with Gasteiger partial charge in [0.05, 0.1) is 0 Å². The monoisotopic (exact) mass is 291 g/mol. The summed E-state index contributed by atoms with van der Waals surface area (Å²) in [7, 11) is 0. The number of benzene rings is 1. The Kier molecular flexibility index (Phi) is 5.15. The molecule has 118 valence electrons. The van der Waals surface area contributed by atoms with Gasteiger partial charge >= 0.3 is 0 Å². The Morgan fingerprint density at radius 1 is 1.05 bits per heavy atom. The van der Waals surface area contributed by atoms with E-state index in [-0.39, 0.29) is 17.5 Å². The molecular weight excluding hydrogens is 262 g/mol. The van der Waals surface area contributed by atoms with Crippen molar-refractivity contribution in [3.63, 3.8) is 0 Å². The van der Waals surface area contributed by atoms with E-state index in [4.69, 9.17) is 0 Å². The average molecular weight is 291 g/mol. The van der Waals surface area contributed by atoms with Gasteiger partial charge in [0, 0.05) is 18.7 Å². The summed E-state index contributed by atoms with van der Waals surface area (Å²) in [4.78, 5) is 0. The Labute approximate surface area is 128 Å². The van der Waals surface area contributed by atoms with E-state index < -0.39 is 0 Å². The molecule has 1 unspecified atom stereocenters. The Hall–Kier alpha value is -1.22. The Balaban J connectivity index is 2.00. The van der Waals surface area contributed by atoms with Crippen LogP contribution in [0.15, 0.2) is 18.2 Å². The summed E-state index contributed by atoms with van der Waals surface area (Å²) >= 11 is 0. The molecule has 1 saturated carbocycles. The predicted octanol–water partition coefficient (Wildman–Crippen LogP) is 4.35. The van der Waals surface area contributed by atoms with Gasteiger partial charge in [-0.2, -0.15) is 0 Å². The number of hydrogen-bond acceptors (Lipinski definition) is 3. The molecule has 2 rings (SSSR count). The lowest BCUT2D eigenvalue weighted by Crippen LogP contribution is -2.34. The van der Waals surface area contributed by atoms with Gasteiger partial charge < -0.3 is 15.5 Å². The van der Waals surface area contributed by atoms with E-state index in [1.54, 1.807) is 12.1 Å². The van der Waals surface area contributed by atoms with Crippen molar-refractivity contribution >= 4 is 0 Å². The van der Waals surface area contributed by atoms with Crippen molar-refractivity contribution in [1.29, 1.82) is 0 Å². The highest BCUT2D eigenvalue weighted by atomic mass is 16.3. The van der Waals surface area contributed by atoms with E-state index in [1.165, 1.54) is 38.2 Å². The van der Waals surface area contributed by atoms with Gasteiger partial charge in [0.15, 0.2) is 0 Å². The standard InChI is InChI=1S/C18H29NO2/c1-13(2)11-18(6-4-5-7-18)12-19-14(3)15-8-16(20)10-17(21)9-15/h8-10,13-14,19-21H,4-7,11-12H2,1-3H3. The fourth-order valence-electron chi connectivity index (χ4n) is 3.80. The average Bonchev–Trinajstić information content (AvgIpc) is 2.83. The molecule has 1 aliphatic rings. The predicted molar refractivity (Wildman–Crippen MR) is 86.5 cm³/mol. The van der Waals surface area contributed by atoms with Crippen LogP contribution in [0.25, 0.3) is 0 Å². The number of phenolic OH excluding ortho intramolecular Hbond substituents is 2. The molecule has 1 aliphatic carbocycles. The van der Waals surface area contributed by atoms with E-state index in [2.05, 4.69) is 26.1 Å². The maximum Gasteiger partial charge on any atom is 0.119 e. The van der Waals surface area contributed by atoms with Crippen molar-refractivity contribution in [1.82, 2.24) is 5.32 Å². The molecule has 0 spiro atoms. The first-order chi connectivity index (χ1) is 9.90. The first kappa shape index (κ1) is 16.2. The van der Waals surface area contributed by atoms with Crippen molar-refractivity contribution in [2.45, 2.75) is 58.9 Å². The van der Waals surface area contributed by atoms with Crippen LogP contribution in [0.2, 0.25) is 0 Å². The minimum absolute atomic E-state index is 0.122. The minimum atomic E-state index is 0.122. The molecule has 0 heterocycles. The molecule has 3 N–H and O–H groups in total. The fourth-order valence-corrected chi connectivity index (χ4v) is 3.80. The lowest BCUT2D eigenvalue weighted by molar-refractivity contribution is 0.217. The van der Waals surface area contributed by atoms with E-state index >= 15 is 0 Å². The highest BCUT2D eigenvalue weighted by Gasteiger charge is 2.34. The SMILES string of the molecule is CC(C)CC1(CNC(C)c2cc(O)cc(O)c2)CCCC1. The van der Waals surface area contributed by atoms with E-state index in [9.17, 15) is 10.2 Å². The molecule has 1 atom stereocenters. The molecule has 0 aromatic heterocycles. The van der Waals surface area contributed by atoms with Gasteiger partial charge in [0.1, 0.15) is 11.5 Å². The van der Waals surface area contributed by atoms with Crippen LogP contribution < -0.4 is 5.32 Å². The summed E-state index contributed by atoms with van der Waals surface area (Å²) in [5.74, 6) is 0.970. The molecule has 3 nitrogen and oxygen atoms in total. The highest BCUT2D eigenvalue weighted by Crippen LogP contribution is 2.43. The molecule has 0 amide bonds. The molecule has 0 saturated heterocycles. The maximum atomic E-state index is 9.60. The molecule has 21 heavy (non-hydrogen) atoms. The van der Waals surface area contributed by atoms with Crippen molar-refractivity contribution in [3.05, 3.63) is 23.8 Å². The van der Waals surface area contributed by atoms with Crippen LogP contribution in [0.5, 0.6) is 11.5 Å². The quantitative estimate of drug-likeness (QED) is 0.730. The van der Waals surface area contributed by atoms with Crippen LogP contribution in [0.1, 0.15) is 64.5 Å². The molecule has 3 heteroatoms. The smallest absolute Gasteiger partial charge is 0.119 e. The van der Waals surface area contributed by atoms with Crippen molar-refractivity contribution in [2.24, 2.45) is 11.3 Å². The fraction of sp³-hybridized carbons (Fsp3) is 0.667. The van der Waals surface area contributed by atoms with Gasteiger partial charge in [0.2, 0.25) is 0 Å². The Morgan fingerprint density at radius 2 is 1.62 bits per heavy atom. The van der Waals surface area contributed by atoms with Crippen LogP contribution in [-0.4, -0.2) is 16.8 Å². The number of nitrogens with one attached hydrogen (secondary N) is 1. The second-order valence-electron chi connectivity index (χ2n) is 7.19. The lowest BCUT2D eigenvalue weighted by atomic mass is 9.78. The number of phenols is 2. The second kappa shape index (κ2) is 6.69. The van der Waals surface area contributed by atoms with Gasteiger partial charge in [-0.25, -0.2) is 0 Å². The van der Waals surface area contributed by atoms with E-state index in [0.717, 1.165) is 18.0 Å². The van der Waals surface area contributed by atoms with Crippen LogP contribution in [0, 0.1) is 11.3 Å². The molecule has 1 aromatic carbocycles.